The molecule has 4 aromatic rings. The number of carboxylic acids is 1. The van der Waals surface area contributed by atoms with E-state index in [0.29, 0.717) is 21.3 Å². The smallest absolute Gasteiger partial charge is 0.336 e. The Morgan fingerprint density at radius 1 is 0.576 bits per heavy atom. The van der Waals surface area contributed by atoms with Crippen LogP contribution in [-0.2, 0) is 0 Å². The molecule has 0 fully saturated rings. The van der Waals surface area contributed by atoms with E-state index < -0.39 is 5.97 Å². The molecule has 0 aliphatic carbocycles. The first kappa shape index (κ1) is 22.4. The Morgan fingerprint density at radius 2 is 1.00 bits per heavy atom. The van der Waals surface area contributed by atoms with Crippen LogP contribution in [0.2, 0.25) is 10.0 Å². The Labute approximate surface area is 200 Å². The van der Waals surface area contributed by atoms with E-state index in [4.69, 9.17) is 23.2 Å². The lowest BCUT2D eigenvalue weighted by molar-refractivity contribution is 0.0693. The van der Waals surface area contributed by atoms with Crippen molar-refractivity contribution >= 4 is 57.7 Å². The zero-order valence-corrected chi connectivity index (χ0v) is 18.7. The van der Waals surface area contributed by atoms with Gasteiger partial charge in [0.15, 0.2) is 5.78 Å². The molecule has 0 aromatic heterocycles. The number of rotatable bonds is 7. The number of aromatic carboxylic acids is 1. The van der Waals surface area contributed by atoms with Gasteiger partial charge in [-0.05, 0) is 91.0 Å². The minimum Gasteiger partial charge on any atom is -0.478 e. The van der Waals surface area contributed by atoms with Gasteiger partial charge in [-0.15, -0.1) is 0 Å². The summed E-state index contributed by atoms with van der Waals surface area (Å²) in [5, 5.41) is 17.3. The van der Waals surface area contributed by atoms with Crippen LogP contribution in [0.25, 0.3) is 0 Å². The van der Waals surface area contributed by atoms with Crippen molar-refractivity contribution in [3.8, 4) is 0 Å². The highest BCUT2D eigenvalue weighted by Gasteiger charge is 2.19. The van der Waals surface area contributed by atoms with Gasteiger partial charge in [-0.2, -0.15) is 0 Å². The number of anilines is 4. The van der Waals surface area contributed by atoms with E-state index in [-0.39, 0.29) is 16.9 Å². The number of halogens is 2. The van der Waals surface area contributed by atoms with E-state index in [0.717, 1.165) is 17.1 Å². The lowest BCUT2D eigenvalue weighted by atomic mass is 9.97. The lowest BCUT2D eigenvalue weighted by Crippen LogP contribution is -2.10. The average molecular weight is 477 g/mol. The van der Waals surface area contributed by atoms with Gasteiger partial charge in [0.25, 0.3) is 0 Å². The number of carbonyl (C=O) groups excluding carboxylic acids is 1. The van der Waals surface area contributed by atoms with Crippen molar-refractivity contribution < 1.29 is 14.7 Å². The Morgan fingerprint density at radius 3 is 1.48 bits per heavy atom. The molecule has 4 rings (SSSR count). The van der Waals surface area contributed by atoms with Gasteiger partial charge < -0.3 is 15.7 Å². The van der Waals surface area contributed by atoms with Crippen molar-refractivity contribution in [3.63, 3.8) is 0 Å². The van der Waals surface area contributed by atoms with Crippen LogP contribution < -0.4 is 10.6 Å². The first-order chi connectivity index (χ1) is 15.9. The molecule has 0 saturated carbocycles. The van der Waals surface area contributed by atoms with E-state index in [1.54, 1.807) is 66.7 Å². The molecule has 164 valence electrons. The summed E-state index contributed by atoms with van der Waals surface area (Å²) in [5.74, 6) is -1.55. The summed E-state index contributed by atoms with van der Waals surface area (Å²) in [4.78, 5) is 24.9. The molecule has 0 unspecified atom stereocenters. The van der Waals surface area contributed by atoms with Gasteiger partial charge in [-0.3, -0.25) is 4.79 Å². The number of nitrogens with one attached hydrogen (secondary N) is 2. The van der Waals surface area contributed by atoms with E-state index in [1.165, 1.54) is 12.1 Å². The highest BCUT2D eigenvalue weighted by Crippen LogP contribution is 2.25. The highest BCUT2D eigenvalue weighted by molar-refractivity contribution is 6.30. The molecule has 33 heavy (non-hydrogen) atoms. The van der Waals surface area contributed by atoms with Gasteiger partial charge in [-0.25, -0.2) is 4.79 Å². The van der Waals surface area contributed by atoms with Crippen LogP contribution >= 0.6 is 23.2 Å². The summed E-state index contributed by atoms with van der Waals surface area (Å²) in [6.45, 7) is 0. The van der Waals surface area contributed by atoms with Crippen molar-refractivity contribution in [1.29, 1.82) is 0 Å². The number of ketones is 1. The molecule has 3 N–H and O–H groups in total. The highest BCUT2D eigenvalue weighted by atomic mass is 35.5. The molecule has 0 amide bonds. The number of carbonyl (C=O) groups is 2. The minimum atomic E-state index is -1.18. The molecule has 5 nitrogen and oxygen atoms in total. The summed E-state index contributed by atoms with van der Waals surface area (Å²) in [6, 6.07) is 25.7. The quantitative estimate of drug-likeness (QED) is 0.242. The van der Waals surface area contributed by atoms with Crippen LogP contribution in [0.15, 0.2) is 91.0 Å². The molecular weight excluding hydrogens is 459 g/mol. The lowest BCUT2D eigenvalue weighted by Gasteiger charge is -2.11. The van der Waals surface area contributed by atoms with Gasteiger partial charge in [0.05, 0.1) is 5.56 Å². The Balaban J connectivity index is 1.54. The van der Waals surface area contributed by atoms with Crippen molar-refractivity contribution in [2.75, 3.05) is 10.6 Å². The van der Waals surface area contributed by atoms with Crippen LogP contribution in [0.3, 0.4) is 0 Å². The van der Waals surface area contributed by atoms with E-state index in [2.05, 4.69) is 10.6 Å². The standard InChI is InChI=1S/C26H18Cl2N2O3/c27-17-3-9-20(10-4-17)29-19-7-1-16(2-8-19)25(31)23-14-13-22(15-24(23)26(32)33)30-21-11-5-18(28)6-12-21/h1-15,29-30H,(H,32,33). The maximum atomic E-state index is 13.1. The fourth-order valence-electron chi connectivity index (χ4n) is 3.26. The number of hydrogen-bond acceptors (Lipinski definition) is 4. The first-order valence-electron chi connectivity index (χ1n) is 9.96. The topological polar surface area (TPSA) is 78.4 Å². The largest absolute Gasteiger partial charge is 0.478 e. The third-order valence-corrected chi connectivity index (χ3v) is 5.41. The molecule has 4 aromatic carbocycles. The Bertz CT molecular complexity index is 1300. The zero-order chi connectivity index (χ0) is 23.4. The predicted molar refractivity (Wildman–Crippen MR) is 133 cm³/mol. The second kappa shape index (κ2) is 9.77. The molecule has 0 radical (unpaired) electrons. The third-order valence-electron chi connectivity index (χ3n) is 4.91. The van der Waals surface area contributed by atoms with Crippen LogP contribution in [0, 0.1) is 0 Å². The minimum absolute atomic E-state index is 0.0812. The summed E-state index contributed by atoms with van der Waals surface area (Å²) in [7, 11) is 0. The van der Waals surface area contributed by atoms with Crippen LogP contribution in [-0.4, -0.2) is 16.9 Å². The fraction of sp³-hybridized carbons (Fsp3) is 0. The van der Waals surface area contributed by atoms with Crippen molar-refractivity contribution in [1.82, 2.24) is 0 Å². The molecule has 7 heteroatoms. The maximum absolute atomic E-state index is 13.1. The molecule has 0 bridgehead atoms. The summed E-state index contributed by atoms with van der Waals surface area (Å²) in [5.41, 5.74) is 3.36. The molecule has 0 saturated heterocycles. The monoisotopic (exact) mass is 476 g/mol. The predicted octanol–water partition coefficient (Wildman–Crippen LogP) is 7.41. The first-order valence-corrected chi connectivity index (χ1v) is 10.7. The Kier molecular flexibility index (Phi) is 6.63. The van der Waals surface area contributed by atoms with Crippen LogP contribution in [0.1, 0.15) is 26.3 Å². The number of benzene rings is 4. The summed E-state index contributed by atoms with van der Waals surface area (Å²) in [6.07, 6.45) is 0. The van der Waals surface area contributed by atoms with Crippen molar-refractivity contribution in [2.24, 2.45) is 0 Å². The fourth-order valence-corrected chi connectivity index (χ4v) is 3.51. The molecule has 0 atom stereocenters. The van der Waals surface area contributed by atoms with E-state index in [1.807, 2.05) is 12.1 Å². The van der Waals surface area contributed by atoms with Gasteiger partial charge in [-0.1, -0.05) is 23.2 Å². The van der Waals surface area contributed by atoms with E-state index >= 15 is 0 Å². The van der Waals surface area contributed by atoms with Gasteiger partial charge in [0, 0.05) is 43.9 Å². The Hall–Kier alpha value is -3.80. The van der Waals surface area contributed by atoms with Crippen molar-refractivity contribution in [2.45, 2.75) is 0 Å². The van der Waals surface area contributed by atoms with Gasteiger partial charge in [0.2, 0.25) is 0 Å². The van der Waals surface area contributed by atoms with Gasteiger partial charge in [0.1, 0.15) is 0 Å². The number of carboxylic acid groups (broad SMARTS) is 1. The molecule has 0 heterocycles. The second-order valence-electron chi connectivity index (χ2n) is 7.24. The molecular formula is C26H18Cl2N2O3. The van der Waals surface area contributed by atoms with Gasteiger partial charge >= 0.3 is 5.97 Å². The number of hydrogen-bond donors (Lipinski definition) is 3. The molecule has 0 spiro atoms. The third kappa shape index (κ3) is 5.52. The maximum Gasteiger partial charge on any atom is 0.336 e. The normalized spacial score (nSPS) is 10.5. The van der Waals surface area contributed by atoms with E-state index in [9.17, 15) is 14.7 Å². The molecule has 0 aliphatic heterocycles. The van der Waals surface area contributed by atoms with Crippen LogP contribution in [0.5, 0.6) is 0 Å². The average Bonchev–Trinajstić information content (AvgIpc) is 2.82. The summed E-state index contributed by atoms with van der Waals surface area (Å²) < 4.78 is 0. The SMILES string of the molecule is O=C(O)c1cc(Nc2ccc(Cl)cc2)ccc1C(=O)c1ccc(Nc2ccc(Cl)cc2)cc1. The summed E-state index contributed by atoms with van der Waals surface area (Å²) >= 11 is 11.8. The second-order valence-corrected chi connectivity index (χ2v) is 8.11. The van der Waals surface area contributed by atoms with Crippen molar-refractivity contribution in [3.05, 3.63) is 118 Å². The van der Waals surface area contributed by atoms with Crippen LogP contribution in [0.4, 0.5) is 22.7 Å². The molecule has 0 aliphatic rings. The zero-order valence-electron chi connectivity index (χ0n) is 17.2.